The van der Waals surface area contributed by atoms with E-state index in [9.17, 15) is 9.18 Å². The van der Waals surface area contributed by atoms with Gasteiger partial charge in [-0.3, -0.25) is 14.0 Å². The van der Waals surface area contributed by atoms with Crippen LogP contribution in [0.2, 0.25) is 0 Å². The Labute approximate surface area is 238 Å². The average Bonchev–Trinajstić information content (AvgIpc) is 3.39. The van der Waals surface area contributed by atoms with E-state index in [-0.39, 0.29) is 34.3 Å². The number of nitrogens with one attached hydrogen (secondary N) is 1. The van der Waals surface area contributed by atoms with Crippen molar-refractivity contribution in [1.82, 2.24) is 15.1 Å². The largest absolute Gasteiger partial charge is 0.398 e. The molecule has 9 heteroatoms. The third kappa shape index (κ3) is 6.82. The molecule has 2 aliphatic rings. The molecule has 3 aromatic carbocycles. The van der Waals surface area contributed by atoms with Crippen LogP contribution in [0, 0.1) is 5.82 Å². The highest BCUT2D eigenvalue weighted by Crippen LogP contribution is 2.42. The zero-order valence-corrected chi connectivity index (χ0v) is 23.5. The van der Waals surface area contributed by atoms with Crippen molar-refractivity contribution >= 4 is 45.7 Å². The number of anilines is 2. The number of carbonyl (C=O) groups is 1. The molecule has 0 spiro atoms. The van der Waals surface area contributed by atoms with E-state index in [2.05, 4.69) is 91.5 Å². The van der Waals surface area contributed by atoms with E-state index >= 15 is 0 Å². The molecule has 2 aliphatic heterocycles. The molecule has 0 aliphatic carbocycles. The summed E-state index contributed by atoms with van der Waals surface area (Å²) in [4.78, 5) is 18.6. The lowest BCUT2D eigenvalue weighted by atomic mass is 10.1. The summed E-state index contributed by atoms with van der Waals surface area (Å²) >= 11 is 0. The van der Waals surface area contributed by atoms with Crippen molar-refractivity contribution in [2.75, 3.05) is 49.3 Å². The highest BCUT2D eigenvalue weighted by atomic mass is 35.5. The Bertz CT molecular complexity index is 1290. The van der Waals surface area contributed by atoms with Crippen molar-refractivity contribution in [1.29, 1.82) is 0 Å². The van der Waals surface area contributed by atoms with Gasteiger partial charge in [-0.05, 0) is 67.2 Å². The summed E-state index contributed by atoms with van der Waals surface area (Å²) in [6.45, 7) is 5.42. The molecule has 5 rings (SSSR count). The minimum absolute atomic E-state index is 0. The van der Waals surface area contributed by atoms with Crippen molar-refractivity contribution < 1.29 is 9.18 Å². The topological polar surface area (TPSA) is 64.8 Å². The number of allylic oxidation sites excluding steroid dienone is 1. The number of hydrogen-bond donors (Lipinski definition) is 2. The first-order valence-electron chi connectivity index (χ1n) is 13.1. The van der Waals surface area contributed by atoms with Gasteiger partial charge in [-0.15, -0.1) is 12.4 Å². The number of piperazine rings is 1. The van der Waals surface area contributed by atoms with Gasteiger partial charge in [-0.1, -0.05) is 53.1 Å². The minimum atomic E-state index is -0.586. The molecule has 1 saturated heterocycles. The molecule has 0 bridgehead atoms. The first kappa shape index (κ1) is 28.7. The van der Waals surface area contributed by atoms with Crippen molar-refractivity contribution in [3.63, 3.8) is 0 Å². The second-order valence-corrected chi connectivity index (χ2v) is 11.2. The van der Waals surface area contributed by atoms with E-state index in [4.69, 9.17) is 5.73 Å². The number of unbranched alkanes of at least 4 members (excludes halogenated alkanes) is 1. The fourth-order valence-corrected chi connectivity index (χ4v) is 6.78. The number of benzene rings is 3. The number of nitrogens with zero attached hydrogens (tertiary/aromatic N) is 3. The van der Waals surface area contributed by atoms with Gasteiger partial charge >= 0.3 is 0 Å². The maximum Gasteiger partial charge on any atom is 0.256 e. The Kier molecular flexibility index (Phi) is 10.0. The van der Waals surface area contributed by atoms with Crippen LogP contribution < -0.4 is 15.4 Å². The van der Waals surface area contributed by atoms with Crippen LogP contribution in [0.4, 0.5) is 15.8 Å². The van der Waals surface area contributed by atoms with E-state index in [1.54, 1.807) is 6.07 Å². The summed E-state index contributed by atoms with van der Waals surface area (Å²) in [7, 11) is -0.153. The van der Waals surface area contributed by atoms with Gasteiger partial charge in [0.05, 0.1) is 11.3 Å². The standard InChI is InChI=1S/C30H34FN5OS.ClH/c31-26-14-9-15-27(32)29(26)30(37)33-17-7-8-18-34-19-21-35(22-20-34)28-16-23-38(25-12-5-2-6-13-25)36(28)24-10-3-1-4-11-24;/h1-6,9-16,23H,7-8,17-22,32H2,(H,33,37);1H. The van der Waals surface area contributed by atoms with Gasteiger partial charge < -0.3 is 16.0 Å². The first-order chi connectivity index (χ1) is 18.6. The summed E-state index contributed by atoms with van der Waals surface area (Å²) in [6, 6.07) is 25.6. The van der Waals surface area contributed by atoms with Crippen molar-refractivity contribution in [3.05, 3.63) is 102 Å². The molecule has 39 heavy (non-hydrogen) atoms. The van der Waals surface area contributed by atoms with Crippen molar-refractivity contribution in [2.24, 2.45) is 0 Å². The Hall–Kier alpha value is -3.33. The van der Waals surface area contributed by atoms with E-state index in [1.165, 1.54) is 28.5 Å². The van der Waals surface area contributed by atoms with Crippen LogP contribution >= 0.6 is 23.1 Å². The number of halogens is 2. The van der Waals surface area contributed by atoms with Gasteiger partial charge in [-0.2, -0.15) is 0 Å². The molecular formula is C30H35ClFN5OS. The van der Waals surface area contributed by atoms with Crippen LogP contribution in [-0.2, 0) is 0 Å². The van der Waals surface area contributed by atoms with E-state index < -0.39 is 11.7 Å². The molecule has 0 radical (unpaired) electrons. The van der Waals surface area contributed by atoms with Crippen LogP contribution in [0.15, 0.2) is 95.7 Å². The molecule has 6 nitrogen and oxygen atoms in total. The number of nitrogen functional groups attached to an aromatic ring is 1. The normalized spacial score (nSPS) is 17.3. The summed E-state index contributed by atoms with van der Waals surface area (Å²) in [5.41, 5.74) is 7.07. The van der Waals surface area contributed by atoms with Crippen LogP contribution in [0.1, 0.15) is 23.2 Å². The maximum atomic E-state index is 13.9. The van der Waals surface area contributed by atoms with E-state index in [0.29, 0.717) is 6.54 Å². The minimum Gasteiger partial charge on any atom is -0.398 e. The Balaban J connectivity index is 0.00000353. The van der Waals surface area contributed by atoms with Crippen molar-refractivity contribution in [3.8, 4) is 0 Å². The van der Waals surface area contributed by atoms with Crippen LogP contribution in [-0.4, -0.2) is 60.3 Å². The quantitative estimate of drug-likeness (QED) is 0.207. The number of amides is 1. The Morgan fingerprint density at radius 3 is 2.28 bits per heavy atom. The maximum absolute atomic E-state index is 13.9. The molecule has 1 unspecified atom stereocenters. The number of rotatable bonds is 9. The number of hydrogen-bond acceptors (Lipinski definition) is 5. The van der Waals surface area contributed by atoms with Crippen LogP contribution in [0.5, 0.6) is 0 Å². The molecular weight excluding hydrogens is 533 g/mol. The lowest BCUT2D eigenvalue weighted by molar-refractivity contribution is 0.0949. The Morgan fingerprint density at radius 1 is 0.897 bits per heavy atom. The van der Waals surface area contributed by atoms with E-state index in [1.807, 2.05) is 0 Å². The van der Waals surface area contributed by atoms with Gasteiger partial charge in [0.2, 0.25) is 0 Å². The average molecular weight is 568 g/mol. The van der Waals surface area contributed by atoms with Gasteiger partial charge in [0.15, 0.2) is 0 Å². The lowest BCUT2D eigenvalue weighted by Gasteiger charge is -2.40. The molecule has 0 aromatic heterocycles. The fourth-order valence-electron chi connectivity index (χ4n) is 4.87. The molecule has 206 valence electrons. The van der Waals surface area contributed by atoms with Gasteiger partial charge in [-0.25, -0.2) is 4.39 Å². The highest BCUT2D eigenvalue weighted by Gasteiger charge is 2.28. The lowest BCUT2D eigenvalue weighted by Crippen LogP contribution is -2.48. The molecule has 2 heterocycles. The summed E-state index contributed by atoms with van der Waals surface area (Å²) in [6.07, 6.45) is 4.09. The van der Waals surface area contributed by atoms with Crippen molar-refractivity contribution in [2.45, 2.75) is 17.7 Å². The SMILES string of the molecule is Cl.Nc1cccc(F)c1C(=O)NCCCCN1CCN(C2=CC=S(c3ccccc3)N2c2ccccc2)CC1. The summed E-state index contributed by atoms with van der Waals surface area (Å²) in [5, 5.41) is 5.13. The monoisotopic (exact) mass is 567 g/mol. The molecule has 1 fully saturated rings. The van der Waals surface area contributed by atoms with Crippen LogP contribution in [0.25, 0.3) is 0 Å². The fraction of sp³-hybridized carbons (Fsp3) is 0.267. The second kappa shape index (κ2) is 13.6. The number of nitrogens with two attached hydrogens (primary N) is 1. The highest BCUT2D eigenvalue weighted by molar-refractivity contribution is 8.16. The first-order valence-corrected chi connectivity index (χ1v) is 14.3. The third-order valence-corrected chi connectivity index (χ3v) is 8.82. The van der Waals surface area contributed by atoms with Crippen LogP contribution in [0.3, 0.4) is 0 Å². The molecule has 0 saturated carbocycles. The molecule has 1 atom stereocenters. The third-order valence-electron chi connectivity index (χ3n) is 6.88. The zero-order chi connectivity index (χ0) is 26.3. The van der Waals surface area contributed by atoms with Gasteiger partial charge in [0.1, 0.15) is 11.6 Å². The van der Waals surface area contributed by atoms with Gasteiger partial charge in [0.25, 0.3) is 5.91 Å². The number of para-hydroxylation sites is 1. The molecule has 3 aromatic rings. The predicted molar refractivity (Wildman–Crippen MR) is 163 cm³/mol. The molecule has 1 amide bonds. The Morgan fingerprint density at radius 2 is 1.59 bits per heavy atom. The summed E-state index contributed by atoms with van der Waals surface area (Å²) in [5.74, 6) is 0.225. The second-order valence-electron chi connectivity index (χ2n) is 9.41. The van der Waals surface area contributed by atoms with E-state index in [0.717, 1.165) is 45.6 Å². The summed E-state index contributed by atoms with van der Waals surface area (Å²) < 4.78 is 16.4. The smallest absolute Gasteiger partial charge is 0.256 e. The van der Waals surface area contributed by atoms with Gasteiger partial charge in [0, 0.05) is 43.3 Å². The zero-order valence-electron chi connectivity index (χ0n) is 21.8. The predicted octanol–water partition coefficient (Wildman–Crippen LogP) is 5.36. The number of carbonyl (C=O) groups excluding carboxylic acids is 1. The molecule has 3 N–H and O–H groups in total.